The summed E-state index contributed by atoms with van der Waals surface area (Å²) in [7, 11) is 0. The Morgan fingerprint density at radius 1 is 1.86 bits per heavy atom. The van der Waals surface area contributed by atoms with Crippen molar-refractivity contribution >= 4 is 39.8 Å². The van der Waals surface area contributed by atoms with Crippen molar-refractivity contribution in [3.05, 3.63) is 19.9 Å². The topological polar surface area (TPSA) is 52.9 Å². The van der Waals surface area contributed by atoms with Crippen LogP contribution in [0.2, 0.25) is 0 Å². The third kappa shape index (κ3) is 3.27. The Morgan fingerprint density at radius 2 is 2.57 bits per heavy atom. The SMILES string of the molecule is CC(C#N)CNC(=O)c1csc(I)c1. The van der Waals surface area contributed by atoms with Gasteiger partial charge in [-0.25, -0.2) is 0 Å². The minimum atomic E-state index is -0.142. The van der Waals surface area contributed by atoms with E-state index in [-0.39, 0.29) is 11.8 Å². The van der Waals surface area contributed by atoms with Gasteiger partial charge in [0, 0.05) is 11.9 Å². The minimum absolute atomic E-state index is 0.105. The van der Waals surface area contributed by atoms with Crippen molar-refractivity contribution in [3.63, 3.8) is 0 Å². The van der Waals surface area contributed by atoms with Crippen molar-refractivity contribution in [2.75, 3.05) is 6.54 Å². The number of nitrogens with one attached hydrogen (secondary N) is 1. The predicted molar refractivity (Wildman–Crippen MR) is 64.1 cm³/mol. The van der Waals surface area contributed by atoms with Gasteiger partial charge in [-0.15, -0.1) is 11.3 Å². The van der Waals surface area contributed by atoms with E-state index >= 15 is 0 Å². The molecular formula is C9H9IN2OS. The highest BCUT2D eigenvalue weighted by Crippen LogP contribution is 2.16. The molecule has 0 fully saturated rings. The van der Waals surface area contributed by atoms with E-state index < -0.39 is 0 Å². The first-order valence-electron chi connectivity index (χ1n) is 4.05. The number of rotatable bonds is 3. The Kier molecular flexibility index (Phi) is 4.35. The highest BCUT2D eigenvalue weighted by Gasteiger charge is 2.08. The summed E-state index contributed by atoms with van der Waals surface area (Å²) in [5.41, 5.74) is 0.671. The van der Waals surface area contributed by atoms with Gasteiger partial charge in [-0.3, -0.25) is 4.79 Å². The van der Waals surface area contributed by atoms with Gasteiger partial charge in [0.2, 0.25) is 0 Å². The molecule has 1 unspecified atom stereocenters. The number of amides is 1. The van der Waals surface area contributed by atoms with Crippen LogP contribution in [-0.2, 0) is 0 Å². The normalized spacial score (nSPS) is 11.8. The summed E-state index contributed by atoms with van der Waals surface area (Å²) in [6.07, 6.45) is 0. The summed E-state index contributed by atoms with van der Waals surface area (Å²) < 4.78 is 1.08. The van der Waals surface area contributed by atoms with Crippen molar-refractivity contribution in [1.82, 2.24) is 5.32 Å². The molecular weight excluding hydrogens is 311 g/mol. The fourth-order valence-electron chi connectivity index (χ4n) is 0.823. The number of nitriles is 1. The molecule has 1 amide bonds. The zero-order valence-electron chi connectivity index (χ0n) is 7.58. The van der Waals surface area contributed by atoms with Crippen LogP contribution in [0.1, 0.15) is 17.3 Å². The number of thiophene rings is 1. The molecule has 1 aromatic rings. The number of carbonyl (C=O) groups is 1. The lowest BCUT2D eigenvalue weighted by Crippen LogP contribution is -2.27. The third-order valence-corrected chi connectivity index (χ3v) is 3.41. The maximum Gasteiger partial charge on any atom is 0.252 e. The van der Waals surface area contributed by atoms with Crippen LogP contribution in [0.4, 0.5) is 0 Å². The van der Waals surface area contributed by atoms with E-state index in [0.717, 1.165) is 2.88 Å². The van der Waals surface area contributed by atoms with Crippen molar-refractivity contribution in [2.24, 2.45) is 5.92 Å². The van der Waals surface area contributed by atoms with Gasteiger partial charge >= 0.3 is 0 Å². The van der Waals surface area contributed by atoms with Gasteiger partial charge in [-0.05, 0) is 35.6 Å². The van der Waals surface area contributed by atoms with E-state index in [0.29, 0.717) is 12.1 Å². The molecule has 1 heterocycles. The molecule has 0 saturated carbocycles. The lowest BCUT2D eigenvalue weighted by atomic mass is 10.2. The molecule has 0 aliphatic heterocycles. The smallest absolute Gasteiger partial charge is 0.252 e. The van der Waals surface area contributed by atoms with E-state index in [1.54, 1.807) is 6.92 Å². The molecule has 0 aromatic carbocycles. The molecule has 74 valence electrons. The second-order valence-corrected chi connectivity index (χ2v) is 5.69. The highest BCUT2D eigenvalue weighted by molar-refractivity contribution is 14.1. The molecule has 0 spiro atoms. The fraction of sp³-hybridized carbons (Fsp3) is 0.333. The molecule has 3 nitrogen and oxygen atoms in total. The lowest BCUT2D eigenvalue weighted by molar-refractivity contribution is 0.0951. The highest BCUT2D eigenvalue weighted by atomic mass is 127. The molecule has 14 heavy (non-hydrogen) atoms. The van der Waals surface area contributed by atoms with Gasteiger partial charge in [0.25, 0.3) is 5.91 Å². The fourth-order valence-corrected chi connectivity index (χ4v) is 2.15. The van der Waals surface area contributed by atoms with Crippen molar-refractivity contribution in [2.45, 2.75) is 6.92 Å². The first-order chi connectivity index (χ1) is 6.63. The van der Waals surface area contributed by atoms with Crippen LogP contribution < -0.4 is 5.32 Å². The van der Waals surface area contributed by atoms with Crippen LogP contribution >= 0.6 is 33.9 Å². The van der Waals surface area contributed by atoms with E-state index in [1.807, 2.05) is 11.4 Å². The summed E-state index contributed by atoms with van der Waals surface area (Å²) in [4.78, 5) is 11.5. The second kappa shape index (κ2) is 5.32. The number of nitrogens with zero attached hydrogens (tertiary/aromatic N) is 1. The maximum absolute atomic E-state index is 11.5. The molecule has 0 aliphatic rings. The Hall–Kier alpha value is -0.610. The van der Waals surface area contributed by atoms with Crippen molar-refractivity contribution in [3.8, 4) is 6.07 Å². The summed E-state index contributed by atoms with van der Waals surface area (Å²) in [6.45, 7) is 2.18. The number of hydrogen-bond acceptors (Lipinski definition) is 3. The maximum atomic E-state index is 11.5. The standard InChI is InChI=1S/C9H9IN2OS/c1-6(3-11)4-12-9(13)7-2-8(10)14-5-7/h2,5-6H,4H2,1H3,(H,12,13). The van der Waals surface area contributed by atoms with Crippen LogP contribution in [-0.4, -0.2) is 12.5 Å². The molecule has 1 atom stereocenters. The van der Waals surface area contributed by atoms with Crippen LogP contribution in [0, 0.1) is 20.1 Å². The summed E-state index contributed by atoms with van der Waals surface area (Å²) in [6, 6.07) is 3.89. The Balaban J connectivity index is 2.48. The Morgan fingerprint density at radius 3 is 3.07 bits per heavy atom. The average molecular weight is 320 g/mol. The molecule has 0 saturated heterocycles. The molecule has 1 rings (SSSR count). The molecule has 0 aliphatic carbocycles. The molecule has 5 heteroatoms. The average Bonchev–Trinajstić information content (AvgIpc) is 2.60. The zero-order chi connectivity index (χ0) is 10.6. The van der Waals surface area contributed by atoms with Crippen LogP contribution in [0.3, 0.4) is 0 Å². The van der Waals surface area contributed by atoms with E-state index in [1.165, 1.54) is 11.3 Å². The predicted octanol–water partition coefficient (Wildman–Crippen LogP) is 2.24. The first kappa shape index (κ1) is 11.5. The molecule has 0 radical (unpaired) electrons. The molecule has 0 bridgehead atoms. The van der Waals surface area contributed by atoms with E-state index in [4.69, 9.17) is 5.26 Å². The lowest BCUT2D eigenvalue weighted by Gasteiger charge is -2.03. The largest absolute Gasteiger partial charge is 0.351 e. The van der Waals surface area contributed by atoms with Gasteiger partial charge in [-0.1, -0.05) is 0 Å². The summed E-state index contributed by atoms with van der Waals surface area (Å²) >= 11 is 3.70. The quantitative estimate of drug-likeness (QED) is 0.869. The summed E-state index contributed by atoms with van der Waals surface area (Å²) in [5.74, 6) is -0.247. The third-order valence-electron chi connectivity index (χ3n) is 1.62. The zero-order valence-corrected chi connectivity index (χ0v) is 10.6. The van der Waals surface area contributed by atoms with Crippen molar-refractivity contribution < 1.29 is 4.79 Å². The summed E-state index contributed by atoms with van der Waals surface area (Å²) in [5, 5.41) is 13.0. The van der Waals surface area contributed by atoms with Gasteiger partial charge < -0.3 is 5.32 Å². The molecule has 1 aromatic heterocycles. The van der Waals surface area contributed by atoms with Crippen LogP contribution in [0.15, 0.2) is 11.4 Å². The number of hydrogen-bond donors (Lipinski definition) is 1. The van der Waals surface area contributed by atoms with Crippen LogP contribution in [0.25, 0.3) is 0 Å². The Bertz CT molecular complexity index is 369. The van der Waals surface area contributed by atoms with Gasteiger partial charge in [-0.2, -0.15) is 5.26 Å². The second-order valence-electron chi connectivity index (χ2n) is 2.88. The van der Waals surface area contributed by atoms with Gasteiger partial charge in [0.15, 0.2) is 0 Å². The molecule has 1 N–H and O–H groups in total. The van der Waals surface area contributed by atoms with E-state index in [9.17, 15) is 4.79 Å². The van der Waals surface area contributed by atoms with Crippen LogP contribution in [0.5, 0.6) is 0 Å². The van der Waals surface area contributed by atoms with Gasteiger partial charge in [0.1, 0.15) is 0 Å². The monoisotopic (exact) mass is 320 g/mol. The minimum Gasteiger partial charge on any atom is -0.351 e. The van der Waals surface area contributed by atoms with Gasteiger partial charge in [0.05, 0.1) is 20.4 Å². The van der Waals surface area contributed by atoms with E-state index in [2.05, 4.69) is 34.0 Å². The van der Waals surface area contributed by atoms with Crippen molar-refractivity contribution in [1.29, 1.82) is 5.26 Å². The Labute approximate surface area is 100 Å². The first-order valence-corrected chi connectivity index (χ1v) is 6.01. The number of halogens is 1. The number of carbonyl (C=O) groups excluding carboxylic acids is 1.